The highest BCUT2D eigenvalue weighted by Crippen LogP contribution is 2.35. The van der Waals surface area contributed by atoms with Crippen LogP contribution in [-0.4, -0.2) is 23.4 Å². The summed E-state index contributed by atoms with van der Waals surface area (Å²) in [6.07, 6.45) is 0.327. The fourth-order valence-electron chi connectivity index (χ4n) is 2.28. The molecule has 0 aliphatic rings. The lowest BCUT2D eigenvalue weighted by atomic mass is 10.1. The van der Waals surface area contributed by atoms with Gasteiger partial charge in [-0.25, -0.2) is 0 Å². The van der Waals surface area contributed by atoms with E-state index in [0.717, 1.165) is 15.6 Å². The smallest absolute Gasteiger partial charge is 0.266 e. The Morgan fingerprint density at radius 1 is 1.48 bits per heavy atom. The molecule has 110 valence electrons. The van der Waals surface area contributed by atoms with Gasteiger partial charge in [-0.3, -0.25) is 4.79 Å². The zero-order valence-electron chi connectivity index (χ0n) is 12.5. The van der Waals surface area contributed by atoms with Crippen LogP contribution in [-0.2, 0) is 0 Å². The van der Waals surface area contributed by atoms with E-state index in [9.17, 15) is 4.79 Å². The molecule has 0 radical (unpaired) electrons. The Morgan fingerprint density at radius 2 is 2.19 bits per heavy atom. The summed E-state index contributed by atoms with van der Waals surface area (Å²) in [4.78, 5) is 15.0. The molecule has 0 bridgehead atoms. The summed E-state index contributed by atoms with van der Waals surface area (Å²) in [6.45, 7) is 6.33. The lowest BCUT2D eigenvalue weighted by Crippen LogP contribution is -2.37. The number of thiophene rings is 1. The van der Waals surface area contributed by atoms with E-state index < -0.39 is 0 Å². The Morgan fingerprint density at radius 3 is 2.81 bits per heavy atom. The van der Waals surface area contributed by atoms with Gasteiger partial charge in [0.05, 0.1) is 18.2 Å². The first-order valence-corrected chi connectivity index (χ1v) is 7.74. The predicted molar refractivity (Wildman–Crippen MR) is 87.4 cm³/mol. The lowest BCUT2D eigenvalue weighted by molar-refractivity contribution is 0.0716. The molecule has 1 amide bonds. The van der Waals surface area contributed by atoms with Gasteiger partial charge in [0.15, 0.2) is 0 Å². The van der Waals surface area contributed by atoms with Gasteiger partial charge in [0.2, 0.25) is 0 Å². The molecular formula is C16H19N3OS. The summed E-state index contributed by atoms with van der Waals surface area (Å²) < 4.78 is 1.02. The average Bonchev–Trinajstić information content (AvgIpc) is 2.76. The Kier molecular flexibility index (Phi) is 4.49. The Balaban J connectivity index is 2.42. The van der Waals surface area contributed by atoms with Crippen molar-refractivity contribution in [2.24, 2.45) is 0 Å². The molecule has 4 nitrogen and oxygen atoms in total. The van der Waals surface area contributed by atoms with Crippen LogP contribution in [0.1, 0.15) is 35.5 Å². The molecule has 0 unspecified atom stereocenters. The van der Waals surface area contributed by atoms with E-state index in [1.165, 1.54) is 11.3 Å². The largest absolute Gasteiger partial charge is 0.397 e. The normalized spacial score (nSPS) is 10.8. The van der Waals surface area contributed by atoms with E-state index in [-0.39, 0.29) is 11.9 Å². The SMILES string of the molecule is Cc1ccc2sc(C(=O)N(CCC#N)C(C)C)c(N)c2c1. The zero-order valence-corrected chi connectivity index (χ0v) is 13.3. The highest BCUT2D eigenvalue weighted by Gasteiger charge is 2.23. The molecule has 0 aliphatic heterocycles. The van der Waals surface area contributed by atoms with Gasteiger partial charge >= 0.3 is 0 Å². The van der Waals surface area contributed by atoms with Crippen LogP contribution >= 0.6 is 11.3 Å². The van der Waals surface area contributed by atoms with Gasteiger partial charge in [0.25, 0.3) is 5.91 Å². The number of carbonyl (C=O) groups excluding carboxylic acids is 1. The number of rotatable bonds is 4. The minimum absolute atomic E-state index is 0.0391. The topological polar surface area (TPSA) is 70.1 Å². The number of amides is 1. The molecule has 0 fully saturated rings. The van der Waals surface area contributed by atoms with Crippen LogP contribution < -0.4 is 5.73 Å². The quantitative estimate of drug-likeness (QED) is 0.938. The Hall–Kier alpha value is -2.06. The third-order valence-corrected chi connectivity index (χ3v) is 4.60. The molecule has 0 spiro atoms. The van der Waals surface area contributed by atoms with E-state index in [4.69, 9.17) is 11.0 Å². The van der Waals surface area contributed by atoms with Crippen molar-refractivity contribution in [3.05, 3.63) is 28.6 Å². The highest BCUT2D eigenvalue weighted by atomic mass is 32.1. The number of nitriles is 1. The number of hydrogen-bond donors (Lipinski definition) is 1. The van der Waals surface area contributed by atoms with E-state index in [1.54, 1.807) is 4.90 Å². The number of carbonyl (C=O) groups is 1. The summed E-state index contributed by atoms with van der Waals surface area (Å²) in [6, 6.07) is 8.15. The minimum atomic E-state index is -0.0865. The third-order valence-electron chi connectivity index (χ3n) is 3.42. The monoisotopic (exact) mass is 301 g/mol. The average molecular weight is 301 g/mol. The standard InChI is InChI=1S/C16H19N3OS/c1-10(2)19(8-4-7-17)16(20)15-14(18)12-9-11(3)5-6-13(12)21-15/h5-6,9-10H,4,8,18H2,1-3H3. The molecule has 0 aliphatic carbocycles. The summed E-state index contributed by atoms with van der Waals surface area (Å²) >= 11 is 1.42. The van der Waals surface area contributed by atoms with Crippen LogP contribution in [0.4, 0.5) is 5.69 Å². The fraction of sp³-hybridized carbons (Fsp3) is 0.375. The number of nitrogens with zero attached hydrogens (tertiary/aromatic N) is 2. The van der Waals surface area contributed by atoms with Crippen molar-refractivity contribution in [2.45, 2.75) is 33.2 Å². The number of benzene rings is 1. The second-order valence-electron chi connectivity index (χ2n) is 5.34. The lowest BCUT2D eigenvalue weighted by Gasteiger charge is -2.25. The van der Waals surface area contributed by atoms with Crippen LogP contribution in [0.25, 0.3) is 10.1 Å². The number of nitrogen functional groups attached to an aromatic ring is 1. The van der Waals surface area contributed by atoms with Gasteiger partial charge in [-0.05, 0) is 32.9 Å². The molecule has 2 N–H and O–H groups in total. The molecule has 1 aromatic carbocycles. The zero-order chi connectivity index (χ0) is 15.6. The van der Waals surface area contributed by atoms with Crippen molar-refractivity contribution in [1.82, 2.24) is 4.90 Å². The van der Waals surface area contributed by atoms with Crippen molar-refractivity contribution in [3.8, 4) is 6.07 Å². The fourth-order valence-corrected chi connectivity index (χ4v) is 3.34. The summed E-state index contributed by atoms with van der Waals surface area (Å²) in [5, 5.41) is 9.68. The van der Waals surface area contributed by atoms with Crippen molar-refractivity contribution in [3.63, 3.8) is 0 Å². The molecule has 1 heterocycles. The van der Waals surface area contributed by atoms with Crippen LogP contribution in [0.5, 0.6) is 0 Å². The van der Waals surface area contributed by atoms with Gasteiger partial charge < -0.3 is 10.6 Å². The molecule has 5 heteroatoms. The molecule has 0 saturated carbocycles. The van der Waals surface area contributed by atoms with Crippen molar-refractivity contribution in [2.75, 3.05) is 12.3 Å². The van der Waals surface area contributed by atoms with Gasteiger partial charge in [0, 0.05) is 22.7 Å². The van der Waals surface area contributed by atoms with E-state index in [2.05, 4.69) is 6.07 Å². The van der Waals surface area contributed by atoms with Gasteiger partial charge in [-0.15, -0.1) is 11.3 Å². The minimum Gasteiger partial charge on any atom is -0.397 e. The maximum atomic E-state index is 12.7. The van der Waals surface area contributed by atoms with E-state index in [1.807, 2.05) is 39.0 Å². The predicted octanol–water partition coefficient (Wildman–Crippen LogP) is 3.56. The summed E-state index contributed by atoms with van der Waals surface area (Å²) in [5.41, 5.74) is 7.84. The first-order chi connectivity index (χ1) is 9.95. The Labute approximate surface area is 128 Å². The summed E-state index contributed by atoms with van der Waals surface area (Å²) in [5.74, 6) is -0.0865. The molecule has 2 aromatic rings. The molecule has 0 saturated heterocycles. The molecule has 0 atom stereocenters. The molecule has 1 aromatic heterocycles. The first kappa shape index (κ1) is 15.3. The van der Waals surface area contributed by atoms with Gasteiger partial charge in [0.1, 0.15) is 4.88 Å². The van der Waals surface area contributed by atoms with Gasteiger partial charge in [-0.1, -0.05) is 11.6 Å². The second kappa shape index (κ2) is 6.15. The molecular weight excluding hydrogens is 282 g/mol. The van der Waals surface area contributed by atoms with Gasteiger partial charge in [-0.2, -0.15) is 5.26 Å². The van der Waals surface area contributed by atoms with Crippen LogP contribution in [0.3, 0.4) is 0 Å². The molecule has 21 heavy (non-hydrogen) atoms. The number of aryl methyl sites for hydroxylation is 1. The molecule has 2 rings (SSSR count). The number of hydrogen-bond acceptors (Lipinski definition) is 4. The maximum absolute atomic E-state index is 12.7. The van der Waals surface area contributed by atoms with Crippen molar-refractivity contribution < 1.29 is 4.79 Å². The van der Waals surface area contributed by atoms with E-state index >= 15 is 0 Å². The summed E-state index contributed by atoms with van der Waals surface area (Å²) in [7, 11) is 0. The number of fused-ring (bicyclic) bond motifs is 1. The Bertz CT molecular complexity index is 712. The van der Waals surface area contributed by atoms with Crippen molar-refractivity contribution in [1.29, 1.82) is 5.26 Å². The second-order valence-corrected chi connectivity index (χ2v) is 6.40. The van der Waals surface area contributed by atoms with Crippen LogP contribution in [0.2, 0.25) is 0 Å². The van der Waals surface area contributed by atoms with Crippen LogP contribution in [0, 0.1) is 18.3 Å². The third kappa shape index (κ3) is 3.01. The number of nitrogens with two attached hydrogens (primary N) is 1. The maximum Gasteiger partial charge on any atom is 0.266 e. The highest BCUT2D eigenvalue weighted by molar-refractivity contribution is 7.21. The first-order valence-electron chi connectivity index (χ1n) is 6.92. The van der Waals surface area contributed by atoms with E-state index in [0.29, 0.717) is 23.5 Å². The van der Waals surface area contributed by atoms with Crippen LogP contribution in [0.15, 0.2) is 18.2 Å². The number of anilines is 1. The van der Waals surface area contributed by atoms with Crippen molar-refractivity contribution >= 4 is 33.0 Å².